The van der Waals surface area contributed by atoms with Crippen LogP contribution in [0.25, 0.3) is 11.0 Å². The first kappa shape index (κ1) is 18.6. The van der Waals surface area contributed by atoms with Crippen LogP contribution in [-0.2, 0) is 10.2 Å². The Morgan fingerprint density at radius 1 is 1.15 bits per heavy atom. The van der Waals surface area contributed by atoms with Crippen molar-refractivity contribution in [3.8, 4) is 0 Å². The molecule has 1 aromatic carbocycles. The molecule has 0 aliphatic carbocycles. The Balaban J connectivity index is 1.79. The molecule has 0 saturated carbocycles. The average Bonchev–Trinajstić information content (AvgIpc) is 3.05. The molecule has 0 aliphatic heterocycles. The molecule has 0 fully saturated rings. The second-order valence-electron chi connectivity index (χ2n) is 7.28. The Kier molecular flexibility index (Phi) is 4.70. The summed E-state index contributed by atoms with van der Waals surface area (Å²) in [4.78, 5) is 28.2. The highest BCUT2D eigenvalue weighted by molar-refractivity contribution is 6.05. The van der Waals surface area contributed by atoms with Crippen LogP contribution in [0.15, 0.2) is 42.7 Å². The fourth-order valence-electron chi connectivity index (χ4n) is 2.74. The normalized spacial score (nSPS) is 11.7. The molecule has 0 unspecified atom stereocenters. The van der Waals surface area contributed by atoms with Crippen molar-refractivity contribution in [2.75, 3.05) is 5.32 Å². The zero-order valence-electron chi connectivity index (χ0n) is 15.7. The summed E-state index contributed by atoms with van der Waals surface area (Å²) >= 11 is 0. The molecule has 2 N–H and O–H groups in total. The second-order valence-corrected chi connectivity index (χ2v) is 7.28. The number of carboxylic acids is 1. The molecular formula is C20H22N4O3. The molecule has 0 atom stereocenters. The van der Waals surface area contributed by atoms with Gasteiger partial charge in [-0.2, -0.15) is 5.10 Å². The molecule has 0 aliphatic rings. The van der Waals surface area contributed by atoms with Crippen LogP contribution in [0.5, 0.6) is 0 Å². The zero-order chi connectivity index (χ0) is 19.8. The number of benzene rings is 1. The van der Waals surface area contributed by atoms with Crippen LogP contribution in [0, 0.1) is 0 Å². The molecule has 0 bridgehead atoms. The van der Waals surface area contributed by atoms with Crippen molar-refractivity contribution >= 4 is 28.6 Å². The van der Waals surface area contributed by atoms with E-state index in [9.17, 15) is 14.7 Å². The number of nitrogens with zero attached hydrogens (tertiary/aromatic N) is 3. The summed E-state index contributed by atoms with van der Waals surface area (Å²) in [6.45, 7) is 7.32. The second kappa shape index (κ2) is 6.83. The third-order valence-electron chi connectivity index (χ3n) is 4.58. The van der Waals surface area contributed by atoms with Gasteiger partial charge in [-0.3, -0.25) is 9.59 Å². The van der Waals surface area contributed by atoms with E-state index in [0.717, 1.165) is 11.0 Å². The third kappa shape index (κ3) is 3.53. The molecule has 27 heavy (non-hydrogen) atoms. The number of aliphatic carboxylic acids is 1. The van der Waals surface area contributed by atoms with Crippen LogP contribution < -0.4 is 5.32 Å². The first-order chi connectivity index (χ1) is 12.7. The number of hydrogen-bond donors (Lipinski definition) is 2. The SMILES string of the molecule is CC(C)n1ncc2cc(C(=O)Nc3ccc(C(C)(C)C(=O)O)cc3)cnc21. The van der Waals surface area contributed by atoms with E-state index >= 15 is 0 Å². The van der Waals surface area contributed by atoms with Crippen molar-refractivity contribution < 1.29 is 14.7 Å². The van der Waals surface area contributed by atoms with Gasteiger partial charge in [-0.15, -0.1) is 0 Å². The summed E-state index contributed by atoms with van der Waals surface area (Å²) in [5.74, 6) is -1.19. The van der Waals surface area contributed by atoms with Gasteiger partial charge in [-0.1, -0.05) is 12.1 Å². The van der Waals surface area contributed by atoms with Crippen molar-refractivity contribution in [1.29, 1.82) is 0 Å². The van der Waals surface area contributed by atoms with Crippen LogP contribution in [0.3, 0.4) is 0 Å². The number of hydrogen-bond acceptors (Lipinski definition) is 4. The van der Waals surface area contributed by atoms with Gasteiger partial charge in [-0.05, 0) is 51.5 Å². The first-order valence-electron chi connectivity index (χ1n) is 8.68. The van der Waals surface area contributed by atoms with Crippen LogP contribution in [0.2, 0.25) is 0 Å². The number of amides is 1. The summed E-state index contributed by atoms with van der Waals surface area (Å²) in [7, 11) is 0. The van der Waals surface area contributed by atoms with E-state index < -0.39 is 11.4 Å². The Morgan fingerprint density at radius 2 is 1.81 bits per heavy atom. The molecule has 1 amide bonds. The minimum atomic E-state index is -0.992. The molecule has 2 heterocycles. The van der Waals surface area contributed by atoms with E-state index in [-0.39, 0.29) is 11.9 Å². The maximum absolute atomic E-state index is 12.5. The zero-order valence-corrected chi connectivity index (χ0v) is 15.7. The lowest BCUT2D eigenvalue weighted by molar-refractivity contribution is -0.142. The standard InChI is InChI=1S/C20H22N4O3/c1-12(2)24-17-13(11-22-24)9-14(10-21-17)18(25)23-16-7-5-15(6-8-16)20(3,4)19(26)27/h5-12H,1-4H3,(H,23,25)(H,26,27). The molecule has 2 aromatic heterocycles. The summed E-state index contributed by atoms with van der Waals surface area (Å²) in [5.41, 5.74) is 1.43. The lowest BCUT2D eigenvalue weighted by Gasteiger charge is -2.19. The monoisotopic (exact) mass is 366 g/mol. The van der Waals surface area contributed by atoms with Crippen LogP contribution in [0.1, 0.15) is 49.7 Å². The predicted molar refractivity (Wildman–Crippen MR) is 103 cm³/mol. The van der Waals surface area contributed by atoms with Gasteiger partial charge in [-0.25, -0.2) is 9.67 Å². The van der Waals surface area contributed by atoms with E-state index in [1.165, 1.54) is 6.20 Å². The number of carboxylic acid groups (broad SMARTS) is 1. The van der Waals surface area contributed by atoms with Gasteiger partial charge in [0.15, 0.2) is 5.65 Å². The average molecular weight is 366 g/mol. The fourth-order valence-corrected chi connectivity index (χ4v) is 2.74. The van der Waals surface area contributed by atoms with Crippen LogP contribution in [-0.4, -0.2) is 31.7 Å². The topological polar surface area (TPSA) is 97.1 Å². The highest BCUT2D eigenvalue weighted by atomic mass is 16.4. The summed E-state index contributed by atoms with van der Waals surface area (Å²) in [6, 6.07) is 8.74. The largest absolute Gasteiger partial charge is 0.481 e. The van der Waals surface area contributed by atoms with E-state index in [2.05, 4.69) is 15.4 Å². The number of nitrogens with one attached hydrogen (secondary N) is 1. The number of fused-ring (bicyclic) bond motifs is 1. The molecule has 0 saturated heterocycles. The van der Waals surface area contributed by atoms with E-state index in [4.69, 9.17) is 0 Å². The lowest BCUT2D eigenvalue weighted by atomic mass is 9.85. The molecule has 7 heteroatoms. The van der Waals surface area contributed by atoms with Gasteiger partial charge >= 0.3 is 5.97 Å². The molecule has 0 spiro atoms. The molecular weight excluding hydrogens is 344 g/mol. The highest BCUT2D eigenvalue weighted by Gasteiger charge is 2.29. The van der Waals surface area contributed by atoms with Gasteiger partial charge < -0.3 is 10.4 Å². The minimum Gasteiger partial charge on any atom is -0.481 e. The van der Waals surface area contributed by atoms with E-state index in [1.54, 1.807) is 55.1 Å². The number of rotatable bonds is 5. The van der Waals surface area contributed by atoms with Gasteiger partial charge in [0.05, 0.1) is 17.2 Å². The maximum Gasteiger partial charge on any atom is 0.313 e. The quantitative estimate of drug-likeness (QED) is 0.719. The van der Waals surface area contributed by atoms with Crippen LogP contribution >= 0.6 is 0 Å². The maximum atomic E-state index is 12.5. The van der Waals surface area contributed by atoms with Crippen LogP contribution in [0.4, 0.5) is 5.69 Å². The van der Waals surface area contributed by atoms with Gasteiger partial charge in [0.2, 0.25) is 0 Å². The fraction of sp³-hybridized carbons (Fsp3) is 0.300. The van der Waals surface area contributed by atoms with Crippen molar-refractivity contribution in [3.63, 3.8) is 0 Å². The Morgan fingerprint density at radius 3 is 2.41 bits per heavy atom. The summed E-state index contributed by atoms with van der Waals surface area (Å²) in [6.07, 6.45) is 3.22. The Bertz CT molecular complexity index is 1000. The molecule has 3 rings (SSSR count). The summed E-state index contributed by atoms with van der Waals surface area (Å²) < 4.78 is 1.81. The Hall–Kier alpha value is -3.22. The highest BCUT2D eigenvalue weighted by Crippen LogP contribution is 2.25. The van der Waals surface area contributed by atoms with Gasteiger partial charge in [0, 0.05) is 23.3 Å². The number of aromatic nitrogens is 3. The van der Waals surface area contributed by atoms with Crippen molar-refractivity contribution in [2.45, 2.75) is 39.2 Å². The Labute approximate surface area is 157 Å². The molecule has 140 valence electrons. The lowest BCUT2D eigenvalue weighted by Crippen LogP contribution is -2.28. The predicted octanol–water partition coefficient (Wildman–Crippen LogP) is 3.63. The van der Waals surface area contributed by atoms with E-state index in [0.29, 0.717) is 16.8 Å². The third-order valence-corrected chi connectivity index (χ3v) is 4.58. The number of anilines is 1. The van der Waals surface area contributed by atoms with Crippen molar-refractivity contribution in [3.05, 3.63) is 53.9 Å². The summed E-state index contributed by atoms with van der Waals surface area (Å²) in [5, 5.41) is 17.2. The van der Waals surface area contributed by atoms with Gasteiger partial charge in [0.1, 0.15) is 0 Å². The molecule has 7 nitrogen and oxygen atoms in total. The smallest absolute Gasteiger partial charge is 0.313 e. The molecule has 3 aromatic rings. The number of pyridine rings is 1. The minimum absolute atomic E-state index is 0.184. The van der Waals surface area contributed by atoms with E-state index in [1.807, 2.05) is 13.8 Å². The first-order valence-corrected chi connectivity index (χ1v) is 8.68. The number of carbonyl (C=O) groups excluding carboxylic acids is 1. The van der Waals surface area contributed by atoms with Crippen molar-refractivity contribution in [2.24, 2.45) is 0 Å². The number of carbonyl (C=O) groups is 2. The molecule has 0 radical (unpaired) electrons. The van der Waals surface area contributed by atoms with Crippen molar-refractivity contribution in [1.82, 2.24) is 14.8 Å². The van der Waals surface area contributed by atoms with Gasteiger partial charge in [0.25, 0.3) is 5.91 Å².